The van der Waals surface area contributed by atoms with Gasteiger partial charge in [-0.1, -0.05) is 72.8 Å². The maximum atomic E-state index is 4.52. The van der Waals surface area contributed by atoms with Gasteiger partial charge in [-0.15, -0.1) is 0 Å². The molecule has 198 valence electrons. The molecule has 0 amide bonds. The van der Waals surface area contributed by atoms with E-state index >= 15 is 0 Å². The number of rotatable bonds is 6. The highest BCUT2D eigenvalue weighted by atomic mass is 14.7. The standard InChI is InChI=1S/C38H26N4/c1-2-14-36(30-12-8-10-28(20-30)32-22-34(26-40-24-32)38-16-4-6-18-42-38)35(13-1)29-11-7-9-27(19-29)31-21-33(25-39-23-31)37-15-3-5-17-41-37/h1-26H. The van der Waals surface area contributed by atoms with Crippen molar-refractivity contribution >= 4 is 0 Å². The summed E-state index contributed by atoms with van der Waals surface area (Å²) in [4.78, 5) is 18.0. The van der Waals surface area contributed by atoms with Crippen molar-refractivity contribution in [2.24, 2.45) is 0 Å². The molecule has 0 radical (unpaired) electrons. The van der Waals surface area contributed by atoms with Gasteiger partial charge in [0.25, 0.3) is 0 Å². The highest BCUT2D eigenvalue weighted by Crippen LogP contribution is 2.36. The van der Waals surface area contributed by atoms with Crippen molar-refractivity contribution in [2.45, 2.75) is 0 Å². The van der Waals surface area contributed by atoms with E-state index in [0.717, 1.165) is 55.9 Å². The zero-order chi connectivity index (χ0) is 28.1. The molecule has 0 fully saturated rings. The molecule has 0 bridgehead atoms. The summed E-state index contributed by atoms with van der Waals surface area (Å²) in [5.74, 6) is 0. The zero-order valence-corrected chi connectivity index (χ0v) is 22.8. The fourth-order valence-electron chi connectivity index (χ4n) is 5.26. The predicted octanol–water partition coefficient (Wildman–Crippen LogP) is 9.27. The monoisotopic (exact) mass is 538 g/mol. The number of hydrogen-bond acceptors (Lipinski definition) is 4. The van der Waals surface area contributed by atoms with Crippen LogP contribution in [0, 0.1) is 0 Å². The molecule has 0 unspecified atom stereocenters. The molecule has 0 saturated heterocycles. The Balaban J connectivity index is 1.25. The lowest BCUT2D eigenvalue weighted by Crippen LogP contribution is -1.89. The van der Waals surface area contributed by atoms with Gasteiger partial charge in [0.2, 0.25) is 0 Å². The molecule has 4 aromatic heterocycles. The molecule has 0 aliphatic heterocycles. The Kier molecular flexibility index (Phi) is 6.85. The molecule has 7 aromatic rings. The van der Waals surface area contributed by atoms with Crippen LogP contribution in [-0.2, 0) is 0 Å². The summed E-state index contributed by atoms with van der Waals surface area (Å²) in [5, 5.41) is 0. The van der Waals surface area contributed by atoms with Crippen LogP contribution in [0.5, 0.6) is 0 Å². The second-order valence-electron chi connectivity index (χ2n) is 10.1. The van der Waals surface area contributed by atoms with Gasteiger partial charge in [0, 0.05) is 59.4 Å². The van der Waals surface area contributed by atoms with E-state index < -0.39 is 0 Å². The van der Waals surface area contributed by atoms with Crippen molar-refractivity contribution < 1.29 is 0 Å². The maximum Gasteiger partial charge on any atom is 0.0717 e. The Morgan fingerprint density at radius 3 is 1.17 bits per heavy atom. The summed E-state index contributed by atoms with van der Waals surface area (Å²) in [7, 11) is 0. The second-order valence-corrected chi connectivity index (χ2v) is 10.1. The minimum absolute atomic E-state index is 0.911. The topological polar surface area (TPSA) is 51.6 Å². The van der Waals surface area contributed by atoms with Crippen molar-refractivity contribution in [3.05, 3.63) is 159 Å². The lowest BCUT2D eigenvalue weighted by Gasteiger charge is -2.13. The molecule has 0 aliphatic carbocycles. The van der Waals surface area contributed by atoms with Crippen molar-refractivity contribution in [3.8, 4) is 67.0 Å². The summed E-state index contributed by atoms with van der Waals surface area (Å²) in [6.07, 6.45) is 11.2. The fourth-order valence-corrected chi connectivity index (χ4v) is 5.26. The number of nitrogens with zero attached hydrogens (tertiary/aromatic N) is 4. The highest BCUT2D eigenvalue weighted by Gasteiger charge is 2.11. The third kappa shape index (κ3) is 5.21. The van der Waals surface area contributed by atoms with Crippen LogP contribution in [-0.4, -0.2) is 19.9 Å². The predicted molar refractivity (Wildman–Crippen MR) is 170 cm³/mol. The number of hydrogen-bond donors (Lipinski definition) is 0. The molecule has 4 heteroatoms. The molecule has 0 spiro atoms. The fraction of sp³-hybridized carbons (Fsp3) is 0. The maximum absolute atomic E-state index is 4.52. The van der Waals surface area contributed by atoms with Gasteiger partial charge in [0.1, 0.15) is 0 Å². The van der Waals surface area contributed by atoms with Crippen LogP contribution in [0.25, 0.3) is 67.0 Å². The Morgan fingerprint density at radius 1 is 0.310 bits per heavy atom. The molecule has 0 N–H and O–H groups in total. The molecule has 3 aromatic carbocycles. The molecule has 4 heterocycles. The quantitative estimate of drug-likeness (QED) is 0.212. The molecular formula is C38H26N4. The molecule has 0 atom stereocenters. The van der Waals surface area contributed by atoms with Gasteiger partial charge in [0.05, 0.1) is 11.4 Å². The first kappa shape index (κ1) is 25.2. The molecule has 0 aliphatic rings. The van der Waals surface area contributed by atoms with Crippen molar-refractivity contribution in [2.75, 3.05) is 0 Å². The van der Waals surface area contributed by atoms with E-state index in [1.54, 1.807) is 0 Å². The summed E-state index contributed by atoms with van der Waals surface area (Å²) in [6, 6.07) is 42.0. The van der Waals surface area contributed by atoms with E-state index in [0.29, 0.717) is 0 Å². The van der Waals surface area contributed by atoms with Gasteiger partial charge >= 0.3 is 0 Å². The van der Waals surface area contributed by atoms with Gasteiger partial charge in [-0.2, -0.15) is 0 Å². The lowest BCUT2D eigenvalue weighted by atomic mass is 9.91. The van der Waals surface area contributed by atoms with Crippen molar-refractivity contribution in [1.82, 2.24) is 19.9 Å². The van der Waals surface area contributed by atoms with Crippen LogP contribution in [0.1, 0.15) is 0 Å². The van der Waals surface area contributed by atoms with E-state index in [-0.39, 0.29) is 0 Å². The Morgan fingerprint density at radius 2 is 0.714 bits per heavy atom. The SMILES string of the molecule is c1ccc(-c2cncc(-c3cccc(-c4ccccc4-c4cccc(-c5cncc(-c6ccccn6)c5)c4)c3)c2)nc1. The smallest absolute Gasteiger partial charge is 0.0717 e. The van der Waals surface area contributed by atoms with Gasteiger partial charge in [-0.3, -0.25) is 19.9 Å². The molecular weight excluding hydrogens is 512 g/mol. The first-order chi connectivity index (χ1) is 20.8. The third-order valence-electron chi connectivity index (χ3n) is 7.34. The van der Waals surface area contributed by atoms with E-state index in [4.69, 9.17) is 0 Å². The van der Waals surface area contributed by atoms with E-state index in [1.807, 2.05) is 73.6 Å². The molecule has 7 rings (SSSR count). The summed E-state index contributed by atoms with van der Waals surface area (Å²) >= 11 is 0. The van der Waals surface area contributed by atoms with Crippen molar-refractivity contribution in [1.29, 1.82) is 0 Å². The molecule has 4 nitrogen and oxygen atoms in total. The third-order valence-corrected chi connectivity index (χ3v) is 7.34. The summed E-state index contributed by atoms with van der Waals surface area (Å²) in [6.45, 7) is 0. The average molecular weight is 539 g/mol. The van der Waals surface area contributed by atoms with Crippen molar-refractivity contribution in [3.63, 3.8) is 0 Å². The van der Waals surface area contributed by atoms with E-state index in [2.05, 4.69) is 105 Å². The normalized spacial score (nSPS) is 10.9. The van der Waals surface area contributed by atoms with Crippen LogP contribution in [0.15, 0.2) is 159 Å². The average Bonchev–Trinajstić information content (AvgIpc) is 3.09. The zero-order valence-electron chi connectivity index (χ0n) is 22.8. The minimum Gasteiger partial charge on any atom is -0.263 e. The Labute approximate surface area is 245 Å². The number of pyridine rings is 4. The van der Waals surface area contributed by atoms with Crippen LogP contribution < -0.4 is 0 Å². The van der Waals surface area contributed by atoms with Crippen LogP contribution in [0.2, 0.25) is 0 Å². The first-order valence-electron chi connectivity index (χ1n) is 13.9. The molecule has 42 heavy (non-hydrogen) atoms. The van der Waals surface area contributed by atoms with Gasteiger partial charge in [-0.25, -0.2) is 0 Å². The summed E-state index contributed by atoms with van der Waals surface area (Å²) < 4.78 is 0. The van der Waals surface area contributed by atoms with Gasteiger partial charge < -0.3 is 0 Å². The Hall–Kier alpha value is -5.74. The van der Waals surface area contributed by atoms with E-state index in [1.165, 1.54) is 11.1 Å². The Bertz CT molecular complexity index is 1840. The number of aromatic nitrogens is 4. The minimum atomic E-state index is 0.911. The van der Waals surface area contributed by atoms with Gasteiger partial charge in [0.15, 0.2) is 0 Å². The van der Waals surface area contributed by atoms with E-state index in [9.17, 15) is 0 Å². The number of benzene rings is 3. The summed E-state index contributed by atoms with van der Waals surface area (Å²) in [5.41, 5.74) is 12.8. The van der Waals surface area contributed by atoms with Crippen LogP contribution in [0.4, 0.5) is 0 Å². The largest absolute Gasteiger partial charge is 0.263 e. The highest BCUT2D eigenvalue weighted by molar-refractivity contribution is 5.87. The van der Waals surface area contributed by atoms with Crippen LogP contribution >= 0.6 is 0 Å². The molecule has 0 saturated carbocycles. The first-order valence-corrected chi connectivity index (χ1v) is 13.9. The lowest BCUT2D eigenvalue weighted by molar-refractivity contribution is 1.28. The van der Waals surface area contributed by atoms with Gasteiger partial charge in [-0.05, 0) is 81.9 Å². The van der Waals surface area contributed by atoms with Crippen LogP contribution in [0.3, 0.4) is 0 Å². The second kappa shape index (κ2) is 11.4.